The van der Waals surface area contributed by atoms with Gasteiger partial charge in [0.2, 0.25) is 0 Å². The monoisotopic (exact) mass is 308 g/mol. The maximum atomic E-state index is 13.3. The number of halogens is 2. The van der Waals surface area contributed by atoms with Crippen molar-refractivity contribution in [3.05, 3.63) is 64.2 Å². The summed E-state index contributed by atoms with van der Waals surface area (Å²) in [5.74, 6) is -2.27. The molecule has 0 atom stereocenters. The molecular formula is C14H10ClFN2O3. The van der Waals surface area contributed by atoms with Crippen molar-refractivity contribution in [2.45, 2.75) is 6.54 Å². The third-order valence-corrected chi connectivity index (χ3v) is 2.98. The molecule has 108 valence electrons. The Balaban J connectivity index is 2.05. The van der Waals surface area contributed by atoms with Crippen molar-refractivity contribution in [2.24, 2.45) is 0 Å². The van der Waals surface area contributed by atoms with E-state index >= 15 is 0 Å². The maximum Gasteiger partial charge on any atom is 0.335 e. The van der Waals surface area contributed by atoms with Gasteiger partial charge in [0.25, 0.3) is 5.91 Å². The van der Waals surface area contributed by atoms with Gasteiger partial charge >= 0.3 is 5.97 Å². The summed E-state index contributed by atoms with van der Waals surface area (Å²) >= 11 is 5.53. The van der Waals surface area contributed by atoms with E-state index < -0.39 is 17.7 Å². The number of aromatic carboxylic acids is 1. The van der Waals surface area contributed by atoms with Gasteiger partial charge < -0.3 is 10.4 Å². The van der Waals surface area contributed by atoms with Crippen molar-refractivity contribution < 1.29 is 19.1 Å². The number of carbonyl (C=O) groups is 2. The van der Waals surface area contributed by atoms with Gasteiger partial charge in [-0.2, -0.15) is 0 Å². The molecule has 0 saturated carbocycles. The number of hydrogen-bond acceptors (Lipinski definition) is 3. The van der Waals surface area contributed by atoms with Crippen LogP contribution >= 0.6 is 11.6 Å². The molecule has 0 aliphatic heterocycles. The normalized spacial score (nSPS) is 10.2. The first-order chi connectivity index (χ1) is 9.97. The van der Waals surface area contributed by atoms with Gasteiger partial charge in [-0.3, -0.25) is 9.78 Å². The first-order valence-electron chi connectivity index (χ1n) is 5.89. The fraction of sp³-hybridized carbons (Fsp3) is 0.0714. The van der Waals surface area contributed by atoms with Gasteiger partial charge in [0.1, 0.15) is 5.82 Å². The molecule has 0 fully saturated rings. The van der Waals surface area contributed by atoms with Gasteiger partial charge in [0.05, 0.1) is 22.8 Å². The highest BCUT2D eigenvalue weighted by atomic mass is 35.5. The number of carboxylic acid groups (broad SMARTS) is 1. The average Bonchev–Trinajstić information content (AvgIpc) is 2.48. The van der Waals surface area contributed by atoms with Crippen LogP contribution in [0.1, 0.15) is 26.4 Å². The van der Waals surface area contributed by atoms with Gasteiger partial charge in [-0.15, -0.1) is 0 Å². The van der Waals surface area contributed by atoms with Crippen molar-refractivity contribution in [1.82, 2.24) is 10.3 Å². The lowest BCUT2D eigenvalue weighted by atomic mass is 10.2. The number of hydrogen-bond donors (Lipinski definition) is 2. The molecule has 0 unspecified atom stereocenters. The summed E-state index contributed by atoms with van der Waals surface area (Å²) in [6, 6.07) is 6.41. The number of carbonyl (C=O) groups excluding carboxylic acids is 1. The standard InChI is InChI=1S/C14H10ClFN2O3/c15-11-2-1-8(6-12(11)16)13(19)18-7-10-5-9(14(20)21)3-4-17-10/h1-6H,7H2,(H,18,19)(H,20,21). The number of nitrogens with zero attached hydrogens (tertiary/aromatic N) is 1. The molecule has 7 heteroatoms. The summed E-state index contributed by atoms with van der Waals surface area (Å²) in [5.41, 5.74) is 0.579. The lowest BCUT2D eigenvalue weighted by molar-refractivity contribution is 0.0696. The minimum atomic E-state index is -1.08. The van der Waals surface area contributed by atoms with E-state index in [1.54, 1.807) is 0 Å². The van der Waals surface area contributed by atoms with E-state index in [4.69, 9.17) is 16.7 Å². The molecule has 0 spiro atoms. The average molecular weight is 309 g/mol. The molecular weight excluding hydrogens is 299 g/mol. The fourth-order valence-corrected chi connectivity index (χ4v) is 1.74. The third kappa shape index (κ3) is 3.76. The van der Waals surface area contributed by atoms with E-state index in [-0.39, 0.29) is 22.7 Å². The molecule has 0 aliphatic carbocycles. The van der Waals surface area contributed by atoms with Gasteiger partial charge in [-0.25, -0.2) is 9.18 Å². The van der Waals surface area contributed by atoms with Crippen LogP contribution in [0.4, 0.5) is 4.39 Å². The SMILES string of the molecule is O=C(O)c1ccnc(CNC(=O)c2ccc(Cl)c(F)c2)c1. The smallest absolute Gasteiger partial charge is 0.335 e. The number of nitrogens with one attached hydrogen (secondary N) is 1. The van der Waals surface area contributed by atoms with Gasteiger partial charge in [0, 0.05) is 11.8 Å². The number of rotatable bonds is 4. The maximum absolute atomic E-state index is 13.3. The second-order valence-electron chi connectivity index (χ2n) is 4.15. The zero-order valence-electron chi connectivity index (χ0n) is 10.6. The summed E-state index contributed by atoms with van der Waals surface area (Å²) < 4.78 is 13.3. The molecule has 1 aromatic carbocycles. The molecule has 0 saturated heterocycles. The third-order valence-electron chi connectivity index (χ3n) is 2.68. The summed E-state index contributed by atoms with van der Waals surface area (Å²) in [7, 11) is 0. The van der Waals surface area contributed by atoms with Crippen LogP contribution in [-0.2, 0) is 6.54 Å². The second-order valence-corrected chi connectivity index (χ2v) is 4.56. The van der Waals surface area contributed by atoms with E-state index in [0.717, 1.165) is 6.07 Å². The van der Waals surface area contributed by atoms with Crippen LogP contribution in [0.2, 0.25) is 5.02 Å². The summed E-state index contributed by atoms with van der Waals surface area (Å²) in [6.07, 6.45) is 1.34. The molecule has 0 radical (unpaired) electrons. The van der Waals surface area contributed by atoms with E-state index in [0.29, 0.717) is 5.69 Å². The number of aromatic nitrogens is 1. The van der Waals surface area contributed by atoms with Gasteiger partial charge in [-0.05, 0) is 30.3 Å². The molecule has 2 N–H and O–H groups in total. The second kappa shape index (κ2) is 6.32. The van der Waals surface area contributed by atoms with Crippen LogP contribution in [0.3, 0.4) is 0 Å². The molecule has 21 heavy (non-hydrogen) atoms. The number of amides is 1. The van der Waals surface area contributed by atoms with Crippen LogP contribution in [0, 0.1) is 5.82 Å². The Morgan fingerprint density at radius 1 is 1.24 bits per heavy atom. The van der Waals surface area contributed by atoms with Crippen LogP contribution in [0.5, 0.6) is 0 Å². The molecule has 2 aromatic rings. The Labute approximate surface area is 124 Å². The predicted molar refractivity (Wildman–Crippen MR) is 73.8 cm³/mol. The van der Waals surface area contributed by atoms with E-state index in [9.17, 15) is 14.0 Å². The van der Waals surface area contributed by atoms with Crippen molar-refractivity contribution in [3.8, 4) is 0 Å². The number of pyridine rings is 1. The molecule has 1 heterocycles. The van der Waals surface area contributed by atoms with Gasteiger partial charge in [-0.1, -0.05) is 11.6 Å². The first kappa shape index (κ1) is 14.9. The topological polar surface area (TPSA) is 79.3 Å². The lowest BCUT2D eigenvalue weighted by Crippen LogP contribution is -2.23. The summed E-state index contributed by atoms with van der Waals surface area (Å²) in [5, 5.41) is 11.3. The van der Waals surface area contributed by atoms with Crippen molar-refractivity contribution in [3.63, 3.8) is 0 Å². The number of benzene rings is 1. The van der Waals surface area contributed by atoms with Crippen LogP contribution in [0.25, 0.3) is 0 Å². The zero-order valence-corrected chi connectivity index (χ0v) is 11.4. The fourth-order valence-electron chi connectivity index (χ4n) is 1.62. The molecule has 5 nitrogen and oxygen atoms in total. The Morgan fingerprint density at radius 3 is 2.67 bits per heavy atom. The highest BCUT2D eigenvalue weighted by Gasteiger charge is 2.10. The van der Waals surface area contributed by atoms with Crippen LogP contribution in [-0.4, -0.2) is 22.0 Å². The largest absolute Gasteiger partial charge is 0.478 e. The Hall–Kier alpha value is -2.47. The lowest BCUT2D eigenvalue weighted by Gasteiger charge is -2.06. The van der Waals surface area contributed by atoms with Crippen LogP contribution < -0.4 is 5.32 Å². The van der Waals surface area contributed by atoms with Crippen molar-refractivity contribution in [1.29, 1.82) is 0 Å². The molecule has 0 bridgehead atoms. The minimum Gasteiger partial charge on any atom is -0.478 e. The van der Waals surface area contributed by atoms with E-state index in [1.165, 1.54) is 30.5 Å². The minimum absolute atomic E-state index is 0.0319. The predicted octanol–water partition coefficient (Wildman–Crippen LogP) is 2.50. The quantitative estimate of drug-likeness (QED) is 0.909. The first-order valence-corrected chi connectivity index (χ1v) is 6.26. The molecule has 1 aromatic heterocycles. The number of carboxylic acids is 1. The summed E-state index contributed by atoms with van der Waals surface area (Å²) in [4.78, 5) is 26.6. The highest BCUT2D eigenvalue weighted by Crippen LogP contribution is 2.15. The summed E-state index contributed by atoms with van der Waals surface area (Å²) in [6.45, 7) is 0.0319. The van der Waals surface area contributed by atoms with E-state index in [2.05, 4.69) is 10.3 Å². The molecule has 1 amide bonds. The van der Waals surface area contributed by atoms with Crippen molar-refractivity contribution in [2.75, 3.05) is 0 Å². The highest BCUT2D eigenvalue weighted by molar-refractivity contribution is 6.30. The van der Waals surface area contributed by atoms with E-state index in [1.807, 2.05) is 0 Å². The Kier molecular flexibility index (Phi) is 4.49. The van der Waals surface area contributed by atoms with Crippen molar-refractivity contribution >= 4 is 23.5 Å². The zero-order chi connectivity index (χ0) is 15.4. The molecule has 0 aliphatic rings. The Bertz CT molecular complexity index is 706. The Morgan fingerprint density at radius 2 is 2.00 bits per heavy atom. The molecule has 2 rings (SSSR count). The van der Waals surface area contributed by atoms with Gasteiger partial charge in [0.15, 0.2) is 0 Å². The van der Waals surface area contributed by atoms with Crippen LogP contribution in [0.15, 0.2) is 36.5 Å².